The van der Waals surface area contributed by atoms with Gasteiger partial charge in [0.05, 0.1) is 35.2 Å². The fraction of sp³-hybridized carbons (Fsp3) is 0.393. The highest BCUT2D eigenvalue weighted by Crippen LogP contribution is 2.45. The van der Waals surface area contributed by atoms with Crippen molar-refractivity contribution in [1.29, 1.82) is 5.26 Å². The number of nitrogens with two attached hydrogens (primary N) is 1. The fourth-order valence-corrected chi connectivity index (χ4v) is 4.34. The lowest BCUT2D eigenvalue weighted by molar-refractivity contribution is -0.125. The molecule has 1 unspecified atom stereocenters. The van der Waals surface area contributed by atoms with Crippen LogP contribution in [0.3, 0.4) is 0 Å². The SMILES string of the molecule is N#CC1(C(=O)NC(CCCCN)C(=O)c2noc(Cc3ccc(OCCc4ccc(Cl)c(Cl)c4)cc3)n2)CC1. The maximum absolute atomic E-state index is 13.1. The van der Waals surface area contributed by atoms with Gasteiger partial charge in [-0.25, -0.2) is 0 Å². The third kappa shape index (κ3) is 7.57. The maximum atomic E-state index is 13.1. The molecule has 0 aliphatic heterocycles. The summed E-state index contributed by atoms with van der Waals surface area (Å²) in [6, 6.07) is 14.2. The third-order valence-corrected chi connectivity index (χ3v) is 7.32. The standard InChI is InChI=1S/C28H29Cl2N5O4/c29-21-9-6-19(15-22(21)30)10-14-38-20-7-4-18(5-8-20)16-24-34-26(35-39-24)25(36)23(3-1-2-13-31)33-27(37)28(17-32)11-12-28/h4-9,15,23H,1-3,10-14,16,31H2,(H,33,37). The average molecular weight is 570 g/mol. The molecule has 0 saturated heterocycles. The first kappa shape index (κ1) is 28.6. The molecule has 0 radical (unpaired) electrons. The van der Waals surface area contributed by atoms with Gasteiger partial charge in [0.15, 0.2) is 0 Å². The zero-order chi connectivity index (χ0) is 27.8. The number of ketones is 1. The Bertz CT molecular complexity index is 1350. The van der Waals surface area contributed by atoms with E-state index in [1.165, 1.54) is 0 Å². The predicted octanol–water partition coefficient (Wildman–Crippen LogP) is 4.69. The van der Waals surface area contributed by atoms with E-state index in [9.17, 15) is 14.9 Å². The van der Waals surface area contributed by atoms with Gasteiger partial charge in [0, 0.05) is 6.42 Å². The number of halogens is 2. The van der Waals surface area contributed by atoms with Gasteiger partial charge in [-0.1, -0.05) is 46.6 Å². The molecule has 4 rings (SSSR count). The molecule has 3 aromatic rings. The molecular formula is C28H29Cl2N5O4. The van der Waals surface area contributed by atoms with Gasteiger partial charge in [0.1, 0.15) is 11.2 Å². The molecule has 204 valence electrons. The highest BCUT2D eigenvalue weighted by molar-refractivity contribution is 6.42. The number of nitriles is 1. The van der Waals surface area contributed by atoms with E-state index >= 15 is 0 Å². The number of rotatable bonds is 14. The second-order valence-electron chi connectivity index (χ2n) is 9.55. The summed E-state index contributed by atoms with van der Waals surface area (Å²) in [4.78, 5) is 30.0. The smallest absolute Gasteiger partial charge is 0.241 e. The van der Waals surface area contributed by atoms with Crippen molar-refractivity contribution in [3.05, 3.63) is 75.4 Å². The second-order valence-corrected chi connectivity index (χ2v) is 10.4. The molecule has 1 aromatic heterocycles. The summed E-state index contributed by atoms with van der Waals surface area (Å²) in [6.07, 6.45) is 3.71. The van der Waals surface area contributed by atoms with Crippen molar-refractivity contribution in [3.8, 4) is 11.8 Å². The molecule has 9 nitrogen and oxygen atoms in total. The molecule has 1 saturated carbocycles. The number of unbranched alkanes of at least 4 members (excludes halogenated alkanes) is 1. The molecule has 3 N–H and O–H groups in total. The Morgan fingerprint density at radius 2 is 1.87 bits per heavy atom. The normalized spacial score (nSPS) is 14.3. The molecule has 1 aliphatic rings. The molecule has 2 aromatic carbocycles. The molecule has 1 atom stereocenters. The lowest BCUT2D eigenvalue weighted by Gasteiger charge is -2.17. The van der Waals surface area contributed by atoms with Crippen LogP contribution in [0, 0.1) is 16.7 Å². The van der Waals surface area contributed by atoms with Crippen LogP contribution in [0.15, 0.2) is 47.0 Å². The maximum Gasteiger partial charge on any atom is 0.241 e. The molecule has 39 heavy (non-hydrogen) atoms. The van der Waals surface area contributed by atoms with Crippen LogP contribution >= 0.6 is 23.2 Å². The summed E-state index contributed by atoms with van der Waals surface area (Å²) in [7, 11) is 0. The van der Waals surface area contributed by atoms with E-state index in [1.54, 1.807) is 6.07 Å². The van der Waals surface area contributed by atoms with Crippen LogP contribution in [0.1, 0.15) is 59.7 Å². The molecular weight excluding hydrogens is 541 g/mol. The highest BCUT2D eigenvalue weighted by Gasteiger charge is 2.51. The Morgan fingerprint density at radius 3 is 2.54 bits per heavy atom. The lowest BCUT2D eigenvalue weighted by Crippen LogP contribution is -2.44. The van der Waals surface area contributed by atoms with Gasteiger partial charge < -0.3 is 20.3 Å². The topological polar surface area (TPSA) is 144 Å². The number of ether oxygens (including phenoxy) is 1. The monoisotopic (exact) mass is 569 g/mol. The van der Waals surface area contributed by atoms with Gasteiger partial charge in [-0.05, 0) is 74.0 Å². The van der Waals surface area contributed by atoms with Gasteiger partial charge >= 0.3 is 0 Å². The van der Waals surface area contributed by atoms with Crippen molar-refractivity contribution in [3.63, 3.8) is 0 Å². The van der Waals surface area contributed by atoms with Crippen LogP contribution in [-0.2, 0) is 17.6 Å². The van der Waals surface area contributed by atoms with Crippen LogP contribution < -0.4 is 15.8 Å². The minimum absolute atomic E-state index is 0.105. The molecule has 0 bridgehead atoms. The third-order valence-electron chi connectivity index (χ3n) is 6.58. The van der Waals surface area contributed by atoms with Crippen molar-refractivity contribution < 1.29 is 18.8 Å². The molecule has 1 fully saturated rings. The van der Waals surface area contributed by atoms with E-state index < -0.39 is 23.1 Å². The number of aromatic nitrogens is 2. The number of hydrogen-bond donors (Lipinski definition) is 2. The first-order valence-electron chi connectivity index (χ1n) is 12.8. The molecule has 1 heterocycles. The van der Waals surface area contributed by atoms with Crippen molar-refractivity contribution in [1.82, 2.24) is 15.5 Å². The van der Waals surface area contributed by atoms with Gasteiger partial charge in [-0.3, -0.25) is 9.59 Å². The van der Waals surface area contributed by atoms with E-state index in [-0.39, 0.29) is 11.7 Å². The van der Waals surface area contributed by atoms with Gasteiger partial charge in [-0.2, -0.15) is 10.2 Å². The number of carbonyl (C=O) groups is 2. The number of nitrogens with one attached hydrogen (secondary N) is 1. The zero-order valence-corrected chi connectivity index (χ0v) is 22.8. The van der Waals surface area contributed by atoms with E-state index in [2.05, 4.69) is 21.5 Å². The fourth-order valence-electron chi connectivity index (χ4n) is 4.02. The summed E-state index contributed by atoms with van der Waals surface area (Å²) in [5.74, 6) is -0.00235. The summed E-state index contributed by atoms with van der Waals surface area (Å²) in [6.45, 7) is 0.954. The van der Waals surface area contributed by atoms with Crippen LogP contribution in [0.2, 0.25) is 10.0 Å². The largest absolute Gasteiger partial charge is 0.493 e. The number of carbonyl (C=O) groups excluding carboxylic acids is 2. The Hall–Kier alpha value is -3.45. The van der Waals surface area contributed by atoms with Crippen LogP contribution in [0.4, 0.5) is 0 Å². The quantitative estimate of drug-likeness (QED) is 0.210. The van der Waals surface area contributed by atoms with Crippen molar-refractivity contribution in [2.45, 2.75) is 51.0 Å². The molecule has 0 spiro atoms. The molecule has 11 heteroatoms. The summed E-state index contributed by atoms with van der Waals surface area (Å²) < 4.78 is 11.1. The average Bonchev–Trinajstić information content (AvgIpc) is 3.61. The number of benzene rings is 2. The van der Waals surface area contributed by atoms with Crippen molar-refractivity contribution >= 4 is 34.9 Å². The zero-order valence-electron chi connectivity index (χ0n) is 21.3. The number of hydrogen-bond acceptors (Lipinski definition) is 8. The van der Waals surface area contributed by atoms with Crippen LogP contribution in [0.25, 0.3) is 0 Å². The summed E-state index contributed by atoms with van der Waals surface area (Å²) in [5, 5.41) is 16.9. The first-order chi connectivity index (χ1) is 18.8. The lowest BCUT2D eigenvalue weighted by atomic mass is 10.0. The predicted molar refractivity (Wildman–Crippen MR) is 146 cm³/mol. The van der Waals surface area contributed by atoms with Crippen LogP contribution in [0.5, 0.6) is 5.75 Å². The Kier molecular flexibility index (Phi) is 9.57. The van der Waals surface area contributed by atoms with E-state index in [1.807, 2.05) is 36.4 Å². The second kappa shape index (κ2) is 13.1. The first-order valence-corrected chi connectivity index (χ1v) is 13.5. The number of amides is 1. The summed E-state index contributed by atoms with van der Waals surface area (Å²) >= 11 is 12.0. The van der Waals surface area contributed by atoms with Crippen LogP contribution in [-0.4, -0.2) is 41.0 Å². The highest BCUT2D eigenvalue weighted by atomic mass is 35.5. The Labute approximate surface area is 236 Å². The Balaban J connectivity index is 1.32. The number of Topliss-reactive ketones (excluding diaryl/α,β-unsaturated/α-hetero) is 1. The van der Waals surface area contributed by atoms with Gasteiger partial charge in [0.25, 0.3) is 0 Å². The van der Waals surface area contributed by atoms with Gasteiger partial charge in [0.2, 0.25) is 23.4 Å². The van der Waals surface area contributed by atoms with E-state index in [4.69, 9.17) is 38.2 Å². The number of nitrogens with zero attached hydrogens (tertiary/aromatic N) is 3. The molecule has 1 amide bonds. The Morgan fingerprint density at radius 1 is 1.13 bits per heavy atom. The van der Waals surface area contributed by atoms with E-state index in [0.29, 0.717) is 73.9 Å². The minimum atomic E-state index is -1.03. The summed E-state index contributed by atoms with van der Waals surface area (Å²) in [5.41, 5.74) is 6.47. The minimum Gasteiger partial charge on any atom is -0.493 e. The van der Waals surface area contributed by atoms with Gasteiger partial charge in [-0.15, -0.1) is 0 Å². The van der Waals surface area contributed by atoms with E-state index in [0.717, 1.165) is 11.1 Å². The molecule has 1 aliphatic carbocycles. The van der Waals surface area contributed by atoms with Crippen molar-refractivity contribution in [2.24, 2.45) is 11.1 Å². The van der Waals surface area contributed by atoms with Crippen molar-refractivity contribution in [2.75, 3.05) is 13.2 Å².